The molecule has 1 fully saturated rings. The van der Waals surface area contributed by atoms with Crippen LogP contribution in [0.5, 0.6) is 0 Å². The van der Waals surface area contributed by atoms with Gasteiger partial charge in [0.2, 0.25) is 11.8 Å². The Hall–Kier alpha value is -1.91. The molecule has 1 aliphatic heterocycles. The van der Waals surface area contributed by atoms with Crippen molar-refractivity contribution in [1.82, 2.24) is 4.98 Å². The molecule has 5 heteroatoms. The number of anilines is 2. The van der Waals surface area contributed by atoms with Crippen LogP contribution in [0.1, 0.15) is 18.4 Å². The summed E-state index contributed by atoms with van der Waals surface area (Å²) in [5, 5.41) is 0. The molecule has 2 N–H and O–H groups in total. The first-order chi connectivity index (χ1) is 7.09. The van der Waals surface area contributed by atoms with Gasteiger partial charge in [-0.1, -0.05) is 0 Å². The minimum Gasteiger partial charge on any atom is -0.397 e. The van der Waals surface area contributed by atoms with Crippen molar-refractivity contribution in [3.63, 3.8) is 0 Å². The number of pyridine rings is 1. The summed E-state index contributed by atoms with van der Waals surface area (Å²) in [5.41, 5.74) is 6.97. The lowest BCUT2D eigenvalue weighted by molar-refractivity contribution is -0.121. The molecule has 1 aromatic rings. The van der Waals surface area contributed by atoms with Crippen molar-refractivity contribution in [1.29, 1.82) is 0 Å². The van der Waals surface area contributed by atoms with Crippen LogP contribution in [-0.2, 0) is 9.59 Å². The summed E-state index contributed by atoms with van der Waals surface area (Å²) in [4.78, 5) is 27.9. The van der Waals surface area contributed by atoms with E-state index in [1.54, 1.807) is 6.07 Å². The summed E-state index contributed by atoms with van der Waals surface area (Å²) < 4.78 is 0. The molecule has 78 valence electrons. The van der Waals surface area contributed by atoms with E-state index in [2.05, 4.69) is 4.98 Å². The van der Waals surface area contributed by atoms with Gasteiger partial charge in [-0.25, -0.2) is 9.88 Å². The first kappa shape index (κ1) is 9.64. The fraction of sp³-hybridized carbons (Fsp3) is 0.300. The van der Waals surface area contributed by atoms with E-state index < -0.39 is 0 Å². The van der Waals surface area contributed by atoms with Gasteiger partial charge in [-0.2, -0.15) is 0 Å². The zero-order chi connectivity index (χ0) is 11.0. The Balaban J connectivity index is 2.41. The van der Waals surface area contributed by atoms with Gasteiger partial charge in [0.25, 0.3) is 0 Å². The van der Waals surface area contributed by atoms with Gasteiger partial charge in [0.05, 0.1) is 11.9 Å². The van der Waals surface area contributed by atoms with Gasteiger partial charge in [0.1, 0.15) is 5.82 Å². The zero-order valence-corrected chi connectivity index (χ0v) is 8.36. The van der Waals surface area contributed by atoms with Crippen LogP contribution in [0.2, 0.25) is 0 Å². The molecular weight excluding hydrogens is 194 g/mol. The number of nitrogens with two attached hydrogens (primary N) is 1. The number of carbonyl (C=O) groups excluding carboxylic acids is 2. The lowest BCUT2D eigenvalue weighted by atomic mass is 10.2. The van der Waals surface area contributed by atoms with Crippen LogP contribution in [0.25, 0.3) is 0 Å². The maximum absolute atomic E-state index is 11.4. The first-order valence-electron chi connectivity index (χ1n) is 4.67. The Morgan fingerprint density at radius 1 is 1.33 bits per heavy atom. The molecule has 0 aromatic carbocycles. The van der Waals surface area contributed by atoms with E-state index in [-0.39, 0.29) is 24.7 Å². The van der Waals surface area contributed by atoms with Crippen LogP contribution in [0.15, 0.2) is 12.3 Å². The third-order valence-electron chi connectivity index (χ3n) is 2.42. The molecule has 5 nitrogen and oxygen atoms in total. The number of imide groups is 1. The molecule has 0 aliphatic carbocycles. The molecule has 0 saturated carbocycles. The number of hydrogen-bond acceptors (Lipinski definition) is 4. The minimum absolute atomic E-state index is 0.198. The quantitative estimate of drug-likeness (QED) is 0.682. The topological polar surface area (TPSA) is 76.3 Å². The monoisotopic (exact) mass is 205 g/mol. The third-order valence-corrected chi connectivity index (χ3v) is 2.42. The van der Waals surface area contributed by atoms with Crippen molar-refractivity contribution >= 4 is 23.3 Å². The molecule has 1 aromatic heterocycles. The predicted molar refractivity (Wildman–Crippen MR) is 55.1 cm³/mol. The number of nitrogens with zero attached hydrogens (tertiary/aromatic N) is 2. The number of aromatic nitrogens is 1. The average Bonchev–Trinajstić information content (AvgIpc) is 2.52. The number of carbonyl (C=O) groups is 2. The molecule has 0 atom stereocenters. The molecule has 1 aliphatic rings. The highest BCUT2D eigenvalue weighted by molar-refractivity contribution is 6.19. The lowest BCUT2D eigenvalue weighted by Crippen LogP contribution is -2.29. The summed E-state index contributed by atoms with van der Waals surface area (Å²) in [6, 6.07) is 1.65. The summed E-state index contributed by atoms with van der Waals surface area (Å²) in [7, 11) is 0. The lowest BCUT2D eigenvalue weighted by Gasteiger charge is -2.13. The Kier molecular flexibility index (Phi) is 2.15. The number of rotatable bonds is 1. The van der Waals surface area contributed by atoms with E-state index in [9.17, 15) is 9.59 Å². The van der Waals surface area contributed by atoms with Gasteiger partial charge in [-0.3, -0.25) is 9.59 Å². The van der Waals surface area contributed by atoms with Gasteiger partial charge in [-0.05, 0) is 18.6 Å². The highest BCUT2D eigenvalue weighted by atomic mass is 16.2. The molecule has 0 spiro atoms. The molecule has 0 unspecified atom stereocenters. The van der Waals surface area contributed by atoms with Crippen LogP contribution >= 0.6 is 0 Å². The van der Waals surface area contributed by atoms with E-state index in [0.29, 0.717) is 11.5 Å². The van der Waals surface area contributed by atoms with Crippen molar-refractivity contribution in [3.8, 4) is 0 Å². The van der Waals surface area contributed by atoms with Crippen molar-refractivity contribution < 1.29 is 9.59 Å². The van der Waals surface area contributed by atoms with Gasteiger partial charge < -0.3 is 5.73 Å². The summed E-state index contributed by atoms with van der Waals surface area (Å²) in [6.07, 6.45) is 2.00. The van der Waals surface area contributed by atoms with Crippen molar-refractivity contribution in [2.45, 2.75) is 19.8 Å². The van der Waals surface area contributed by atoms with Gasteiger partial charge >= 0.3 is 0 Å². The average molecular weight is 205 g/mol. The molecule has 2 amide bonds. The van der Waals surface area contributed by atoms with E-state index in [0.717, 1.165) is 10.5 Å². The number of nitrogen functional groups attached to an aromatic ring is 1. The highest BCUT2D eigenvalue weighted by Gasteiger charge is 2.31. The molecular formula is C10H11N3O2. The van der Waals surface area contributed by atoms with Crippen LogP contribution in [0, 0.1) is 6.92 Å². The van der Waals surface area contributed by atoms with Crippen LogP contribution < -0.4 is 10.6 Å². The number of amides is 2. The molecule has 0 radical (unpaired) electrons. The predicted octanol–water partition coefficient (Wildman–Crippen LogP) is 0.626. The minimum atomic E-state index is -0.198. The molecule has 0 bridgehead atoms. The Morgan fingerprint density at radius 2 is 1.93 bits per heavy atom. The van der Waals surface area contributed by atoms with E-state index in [1.807, 2.05) is 6.92 Å². The smallest absolute Gasteiger partial charge is 0.235 e. The third kappa shape index (κ3) is 1.56. The SMILES string of the molecule is Cc1cc(N2C(=O)CCC2=O)ncc1N. The fourth-order valence-electron chi connectivity index (χ4n) is 1.51. The van der Waals surface area contributed by atoms with Gasteiger partial charge in [0, 0.05) is 12.8 Å². The van der Waals surface area contributed by atoms with Crippen LogP contribution in [0.4, 0.5) is 11.5 Å². The van der Waals surface area contributed by atoms with Crippen molar-refractivity contribution in [2.24, 2.45) is 0 Å². The largest absolute Gasteiger partial charge is 0.397 e. The Bertz CT molecular complexity index is 426. The Labute approximate surface area is 86.9 Å². The molecule has 2 rings (SSSR count). The van der Waals surface area contributed by atoms with E-state index >= 15 is 0 Å². The van der Waals surface area contributed by atoms with Crippen molar-refractivity contribution in [2.75, 3.05) is 10.6 Å². The van der Waals surface area contributed by atoms with Crippen molar-refractivity contribution in [3.05, 3.63) is 17.8 Å². The second kappa shape index (κ2) is 3.34. The maximum Gasteiger partial charge on any atom is 0.235 e. The zero-order valence-electron chi connectivity index (χ0n) is 8.36. The number of hydrogen-bond donors (Lipinski definition) is 1. The fourth-order valence-corrected chi connectivity index (χ4v) is 1.51. The van der Waals surface area contributed by atoms with Crippen LogP contribution in [0.3, 0.4) is 0 Å². The molecule has 1 saturated heterocycles. The van der Waals surface area contributed by atoms with Gasteiger partial charge in [0.15, 0.2) is 0 Å². The normalized spacial score (nSPS) is 16.2. The van der Waals surface area contributed by atoms with E-state index in [4.69, 9.17) is 5.73 Å². The number of aryl methyl sites for hydroxylation is 1. The second-order valence-electron chi connectivity index (χ2n) is 3.52. The standard InChI is InChI=1S/C10H11N3O2/c1-6-4-8(12-5-7(6)11)13-9(14)2-3-10(13)15/h4-5H,2-3,11H2,1H3. The van der Waals surface area contributed by atoms with Crippen LogP contribution in [-0.4, -0.2) is 16.8 Å². The van der Waals surface area contributed by atoms with Gasteiger partial charge in [-0.15, -0.1) is 0 Å². The van der Waals surface area contributed by atoms with E-state index in [1.165, 1.54) is 6.20 Å². The maximum atomic E-state index is 11.4. The molecule has 2 heterocycles. The Morgan fingerprint density at radius 3 is 2.47 bits per heavy atom. The summed E-state index contributed by atoms with van der Waals surface area (Å²) in [6.45, 7) is 1.81. The summed E-state index contributed by atoms with van der Waals surface area (Å²) >= 11 is 0. The second-order valence-corrected chi connectivity index (χ2v) is 3.52. The first-order valence-corrected chi connectivity index (χ1v) is 4.67. The highest BCUT2D eigenvalue weighted by Crippen LogP contribution is 2.22. The summed E-state index contributed by atoms with van der Waals surface area (Å²) in [5.74, 6) is -0.0254. The molecule has 15 heavy (non-hydrogen) atoms.